The zero-order chi connectivity index (χ0) is 13.8. The molecule has 1 aromatic heterocycles. The smallest absolute Gasteiger partial charge is 0.168 e. The summed E-state index contributed by atoms with van der Waals surface area (Å²) < 4.78 is 21.6. The average Bonchev–Trinajstić information content (AvgIpc) is 2.73. The third kappa shape index (κ3) is 3.03. The molecule has 2 rings (SSSR count). The Labute approximate surface area is 113 Å². The summed E-state index contributed by atoms with van der Waals surface area (Å²) in [6, 6.07) is 6.54. The Bertz CT molecular complexity index is 662. The summed E-state index contributed by atoms with van der Waals surface area (Å²) in [6.45, 7) is 3.90. The van der Waals surface area contributed by atoms with Crippen molar-refractivity contribution in [2.75, 3.05) is 5.32 Å². The predicted molar refractivity (Wildman–Crippen MR) is 76.3 cm³/mol. The van der Waals surface area contributed by atoms with E-state index in [1.54, 1.807) is 24.3 Å². The molecule has 0 aliphatic carbocycles. The van der Waals surface area contributed by atoms with Gasteiger partial charge in [-0.1, -0.05) is 6.08 Å². The van der Waals surface area contributed by atoms with E-state index in [0.29, 0.717) is 4.90 Å². The van der Waals surface area contributed by atoms with Gasteiger partial charge in [0, 0.05) is 11.3 Å². The molecule has 5 nitrogen and oxygen atoms in total. The van der Waals surface area contributed by atoms with E-state index >= 15 is 0 Å². The molecule has 1 heterocycles. The van der Waals surface area contributed by atoms with Crippen LogP contribution in [-0.4, -0.2) is 18.6 Å². The normalized spacial score (nSPS) is 11.3. The highest BCUT2D eigenvalue weighted by Gasteiger charge is 2.06. The lowest BCUT2D eigenvalue weighted by Gasteiger charge is -2.04. The number of hydrogen-bond acceptors (Lipinski definition) is 4. The lowest BCUT2D eigenvalue weighted by atomic mass is 10.2. The first-order valence-electron chi connectivity index (χ1n) is 5.81. The van der Waals surface area contributed by atoms with Crippen molar-refractivity contribution in [2.45, 2.75) is 18.7 Å². The van der Waals surface area contributed by atoms with Crippen LogP contribution in [0.2, 0.25) is 0 Å². The maximum absolute atomic E-state index is 10.8. The number of anilines is 2. The van der Waals surface area contributed by atoms with E-state index in [1.807, 2.05) is 26.0 Å². The number of nitrogens with zero attached hydrogens (tertiary/aromatic N) is 1. The molecule has 19 heavy (non-hydrogen) atoms. The molecule has 0 radical (unpaired) electrons. The third-order valence-corrected chi connectivity index (χ3v) is 3.44. The van der Waals surface area contributed by atoms with Crippen LogP contribution < -0.4 is 5.32 Å². The summed E-state index contributed by atoms with van der Waals surface area (Å²) in [5.74, 6) is 0.729. The van der Waals surface area contributed by atoms with Crippen molar-refractivity contribution in [1.29, 1.82) is 0 Å². The Morgan fingerprint density at radius 3 is 2.53 bits per heavy atom. The van der Waals surface area contributed by atoms with Crippen LogP contribution in [0.3, 0.4) is 0 Å². The lowest BCUT2D eigenvalue weighted by molar-refractivity contribution is 0.614. The minimum atomic E-state index is -2.53. The van der Waals surface area contributed by atoms with Crippen molar-refractivity contribution in [3.63, 3.8) is 0 Å². The van der Waals surface area contributed by atoms with Gasteiger partial charge < -0.3 is 5.32 Å². The summed E-state index contributed by atoms with van der Waals surface area (Å²) in [5, 5.41) is 10.3. The fourth-order valence-corrected chi connectivity index (χ4v) is 2.06. The second kappa shape index (κ2) is 5.71. The summed E-state index contributed by atoms with van der Waals surface area (Å²) in [5.41, 5.74) is 2.75. The van der Waals surface area contributed by atoms with Crippen LogP contribution >= 0.6 is 0 Å². The van der Waals surface area contributed by atoms with Crippen LogP contribution in [0.15, 0.2) is 35.2 Å². The molecule has 6 heteroatoms. The average molecular weight is 277 g/mol. The molecule has 0 amide bonds. The topological polar surface area (TPSA) is 74.8 Å². The molecule has 0 saturated heterocycles. The number of aromatic amines is 1. The number of hydrogen-bond donors (Lipinski definition) is 3. The molecule has 0 atom stereocenters. The number of allylic oxidation sites excluding steroid dienone is 1. The van der Waals surface area contributed by atoms with Crippen molar-refractivity contribution in [1.82, 2.24) is 10.2 Å². The second-order valence-electron chi connectivity index (χ2n) is 4.04. The lowest BCUT2D eigenvalue weighted by Crippen LogP contribution is -1.92. The van der Waals surface area contributed by atoms with Crippen molar-refractivity contribution in [3.8, 4) is 0 Å². The quantitative estimate of drug-likeness (QED) is 0.750. The molecule has 0 unspecified atom stereocenters. The van der Waals surface area contributed by atoms with Gasteiger partial charge in [0.05, 0.1) is 10.6 Å². The Balaban J connectivity index is 2.21. The molecule has 0 bridgehead atoms. The first-order chi connectivity index (χ1) is 9.11. The van der Waals surface area contributed by atoms with E-state index in [9.17, 15) is 8.42 Å². The van der Waals surface area contributed by atoms with Crippen LogP contribution in [0.4, 0.5) is 11.5 Å². The van der Waals surface area contributed by atoms with E-state index in [2.05, 4.69) is 15.5 Å². The highest BCUT2D eigenvalue weighted by atomic mass is 32.2. The predicted octanol–water partition coefficient (Wildman–Crippen LogP) is 2.47. The molecule has 0 spiro atoms. The monoisotopic (exact) mass is 277 g/mol. The van der Waals surface area contributed by atoms with Crippen LogP contribution in [-0.2, 0) is 10.7 Å². The first kappa shape index (κ1) is 13.4. The highest BCUT2D eigenvalue weighted by Crippen LogP contribution is 2.21. The van der Waals surface area contributed by atoms with Crippen LogP contribution in [0.5, 0.6) is 0 Å². The van der Waals surface area contributed by atoms with E-state index in [4.69, 9.17) is 0 Å². The molecule has 0 fully saturated rings. The van der Waals surface area contributed by atoms with Crippen LogP contribution in [0.25, 0.3) is 6.08 Å². The summed E-state index contributed by atoms with van der Waals surface area (Å²) in [4.78, 5) is 0.300. The molecular weight excluding hydrogens is 262 g/mol. The number of aromatic nitrogens is 2. The Hall–Kier alpha value is -2.08. The molecule has 2 aromatic rings. The minimum Gasteiger partial charge on any atom is -0.339 e. The highest BCUT2D eigenvalue weighted by molar-refractivity contribution is 7.72. The van der Waals surface area contributed by atoms with Gasteiger partial charge in [0.1, 0.15) is 0 Å². The van der Waals surface area contributed by atoms with Gasteiger partial charge in [-0.2, -0.15) is 5.10 Å². The SMILES string of the molecule is CC=Cc1[nH]nc(Nc2ccc([SH](=O)=O)cc2)c1C. The first-order valence-corrected chi connectivity index (χ1v) is 6.98. The number of rotatable bonds is 4. The minimum absolute atomic E-state index is 0.300. The van der Waals surface area contributed by atoms with E-state index in [-0.39, 0.29) is 0 Å². The zero-order valence-corrected chi connectivity index (χ0v) is 11.6. The molecule has 0 aliphatic rings. The maximum atomic E-state index is 10.8. The fraction of sp³-hybridized carbons (Fsp3) is 0.154. The van der Waals surface area contributed by atoms with Crippen molar-refractivity contribution in [3.05, 3.63) is 41.6 Å². The van der Waals surface area contributed by atoms with E-state index in [1.165, 1.54) is 0 Å². The van der Waals surface area contributed by atoms with Gasteiger partial charge in [-0.3, -0.25) is 5.10 Å². The van der Waals surface area contributed by atoms with Gasteiger partial charge >= 0.3 is 0 Å². The van der Waals surface area contributed by atoms with Crippen LogP contribution in [0.1, 0.15) is 18.2 Å². The fourth-order valence-electron chi connectivity index (χ4n) is 1.67. The van der Waals surface area contributed by atoms with Gasteiger partial charge in [0.15, 0.2) is 16.5 Å². The largest absolute Gasteiger partial charge is 0.339 e. The number of benzene rings is 1. The maximum Gasteiger partial charge on any atom is 0.168 e. The van der Waals surface area contributed by atoms with Gasteiger partial charge in [-0.05, 0) is 44.2 Å². The van der Waals surface area contributed by atoms with Crippen LogP contribution in [0, 0.1) is 6.92 Å². The Kier molecular flexibility index (Phi) is 4.01. The zero-order valence-electron chi connectivity index (χ0n) is 10.7. The van der Waals surface area contributed by atoms with E-state index in [0.717, 1.165) is 22.8 Å². The molecular formula is C13H15N3O2S. The van der Waals surface area contributed by atoms with Gasteiger partial charge in [-0.15, -0.1) is 0 Å². The summed E-state index contributed by atoms with van der Waals surface area (Å²) in [7, 11) is -2.53. The molecule has 2 N–H and O–H groups in total. The molecule has 0 aliphatic heterocycles. The van der Waals surface area contributed by atoms with Crippen molar-refractivity contribution < 1.29 is 8.42 Å². The second-order valence-corrected chi connectivity index (χ2v) is 5.07. The Morgan fingerprint density at radius 2 is 1.95 bits per heavy atom. The van der Waals surface area contributed by atoms with Gasteiger partial charge in [0.25, 0.3) is 0 Å². The third-order valence-electron chi connectivity index (χ3n) is 2.72. The Morgan fingerprint density at radius 1 is 1.26 bits per heavy atom. The van der Waals surface area contributed by atoms with E-state index < -0.39 is 10.7 Å². The number of nitrogens with one attached hydrogen (secondary N) is 2. The van der Waals surface area contributed by atoms with Crippen molar-refractivity contribution >= 4 is 28.3 Å². The number of thiol groups is 1. The summed E-state index contributed by atoms with van der Waals surface area (Å²) in [6.07, 6.45) is 3.88. The van der Waals surface area contributed by atoms with Gasteiger partial charge in [0.2, 0.25) is 0 Å². The summed E-state index contributed by atoms with van der Waals surface area (Å²) >= 11 is 0. The standard InChI is InChI=1S/C13H15N3O2S/c1-3-4-12-9(2)13(16-15-12)14-10-5-7-11(8-6-10)19(17)18/h3-8,19H,1-2H3,(H2,14,15,16). The molecule has 100 valence electrons. The number of H-pyrrole nitrogens is 1. The van der Waals surface area contributed by atoms with Gasteiger partial charge in [-0.25, -0.2) is 8.42 Å². The molecule has 0 saturated carbocycles. The van der Waals surface area contributed by atoms with Crippen molar-refractivity contribution in [2.24, 2.45) is 0 Å². The molecule has 1 aromatic carbocycles.